The van der Waals surface area contributed by atoms with Crippen LogP contribution in [0.1, 0.15) is 70.4 Å². The van der Waals surface area contributed by atoms with Gasteiger partial charge in [-0.25, -0.2) is 0 Å². The van der Waals surface area contributed by atoms with E-state index in [2.05, 4.69) is 61.2 Å². The summed E-state index contributed by atoms with van der Waals surface area (Å²) < 4.78 is 6.78. The summed E-state index contributed by atoms with van der Waals surface area (Å²) in [7, 11) is 0. The van der Waals surface area contributed by atoms with E-state index >= 15 is 0 Å². The zero-order valence-corrected chi connectivity index (χ0v) is 18.0. The number of aliphatic hydroxyl groups is 1. The molecule has 2 aliphatic rings. The highest BCUT2D eigenvalue weighted by Gasteiger charge is 2.69. The Balaban J connectivity index is 2.24. The zero-order chi connectivity index (χ0) is 19.3. The van der Waals surface area contributed by atoms with Crippen LogP contribution in [0.3, 0.4) is 0 Å². The maximum Gasteiger partial charge on any atom is 0.350 e. The van der Waals surface area contributed by atoms with Gasteiger partial charge in [0.15, 0.2) is 0 Å². The third-order valence-corrected chi connectivity index (χ3v) is 7.08. The summed E-state index contributed by atoms with van der Waals surface area (Å²) in [5.74, 6) is 1.18. The van der Waals surface area contributed by atoms with Crippen molar-refractivity contribution < 1.29 is 14.9 Å². The number of aromatic hydroxyl groups is 1. The molecule has 0 aromatic heterocycles. The van der Waals surface area contributed by atoms with Crippen LogP contribution in [0.2, 0.25) is 0 Å². The fraction of sp³-hybridized carbons (Fsp3) is 0.571. The highest BCUT2D eigenvalue weighted by Crippen LogP contribution is 2.61. The van der Waals surface area contributed by atoms with E-state index < -0.39 is 17.2 Å². The van der Waals surface area contributed by atoms with Crippen molar-refractivity contribution >= 4 is 22.6 Å². The summed E-state index contributed by atoms with van der Waals surface area (Å²) >= 11 is 2.15. The number of benzene rings is 1. The van der Waals surface area contributed by atoms with Crippen LogP contribution in [0.25, 0.3) is 4.85 Å². The molecule has 1 aliphatic heterocycles. The summed E-state index contributed by atoms with van der Waals surface area (Å²) in [5, 5.41) is 21.6. The molecule has 1 aromatic carbocycles. The van der Waals surface area contributed by atoms with Gasteiger partial charge in [-0.15, -0.1) is 0 Å². The topological polar surface area (TPSA) is 54.0 Å². The number of hydrogen-bond donors (Lipinski definition) is 2. The second-order valence-electron chi connectivity index (χ2n) is 8.11. The highest BCUT2D eigenvalue weighted by atomic mass is 127. The summed E-state index contributed by atoms with van der Waals surface area (Å²) in [6.07, 6.45) is 4.11. The molecule has 1 heterocycles. The SMILES string of the molecule is C#[N+][C@@]1(CCC=C(C)C)C(O)Oc2c(I)cc(O)c3c2[C@@]1(C)CC[C@H]3C. The van der Waals surface area contributed by atoms with Crippen molar-refractivity contribution in [2.45, 2.75) is 76.5 Å². The van der Waals surface area contributed by atoms with Gasteiger partial charge in [0.2, 0.25) is 0 Å². The molecule has 26 heavy (non-hydrogen) atoms. The second kappa shape index (κ2) is 6.72. The Hall–Kier alpha value is -1.26. The summed E-state index contributed by atoms with van der Waals surface area (Å²) in [4.78, 5) is 4.25. The minimum absolute atomic E-state index is 0.223. The van der Waals surface area contributed by atoms with Gasteiger partial charge < -0.3 is 14.9 Å². The Kier molecular flexibility index (Phi) is 5.04. The van der Waals surface area contributed by atoms with Crippen molar-refractivity contribution in [1.29, 1.82) is 0 Å². The minimum Gasteiger partial charge on any atom is -0.508 e. The Morgan fingerprint density at radius 2 is 2.19 bits per heavy atom. The van der Waals surface area contributed by atoms with Crippen molar-refractivity contribution in [2.24, 2.45) is 0 Å². The quantitative estimate of drug-likeness (QED) is 0.467. The van der Waals surface area contributed by atoms with Gasteiger partial charge in [-0.3, -0.25) is 0 Å². The summed E-state index contributed by atoms with van der Waals surface area (Å²) in [6, 6.07) is 1.72. The van der Waals surface area contributed by atoms with Crippen LogP contribution >= 0.6 is 22.6 Å². The number of phenols is 1. The Labute approximate surface area is 169 Å². The number of halogens is 1. The lowest BCUT2D eigenvalue weighted by Gasteiger charge is -2.49. The van der Waals surface area contributed by atoms with Gasteiger partial charge in [0, 0.05) is 17.5 Å². The number of ether oxygens (including phenoxy) is 1. The number of rotatable bonds is 3. The molecular weight excluding hydrogens is 441 g/mol. The summed E-state index contributed by atoms with van der Waals surface area (Å²) in [5.41, 5.74) is 1.66. The molecule has 0 bridgehead atoms. The first-order valence-electron chi connectivity index (χ1n) is 9.14. The Bertz CT molecular complexity index is 808. The van der Waals surface area contributed by atoms with E-state index in [1.807, 2.05) is 0 Å². The summed E-state index contributed by atoms with van der Waals surface area (Å²) in [6.45, 7) is 14.3. The van der Waals surface area contributed by atoms with E-state index in [-0.39, 0.29) is 5.92 Å². The first-order valence-corrected chi connectivity index (χ1v) is 10.2. The fourth-order valence-electron chi connectivity index (χ4n) is 4.74. The van der Waals surface area contributed by atoms with Gasteiger partial charge in [0.25, 0.3) is 12.9 Å². The minimum atomic E-state index is -1.12. The van der Waals surface area contributed by atoms with Crippen LogP contribution in [0, 0.1) is 10.1 Å². The molecule has 4 atom stereocenters. The number of hydrogen-bond acceptors (Lipinski definition) is 3. The predicted octanol–water partition coefficient (Wildman–Crippen LogP) is 5.31. The number of nitrogens with zero attached hydrogens (tertiary/aromatic N) is 1. The van der Waals surface area contributed by atoms with Crippen LogP contribution in [-0.4, -0.2) is 22.0 Å². The molecule has 1 aromatic rings. The molecule has 140 valence electrons. The standard InChI is InChI=1S/C21H26INO3/c1-12(2)7-6-9-21(23-5)19(25)26-18-14(22)11-15(24)16-13(3)8-10-20(21,4)17(16)18/h5,7,11,13,19,25H,6,8-10H2,1-4H3/p+1/t13-,19?,20-,21+/m1/s1. The lowest BCUT2D eigenvalue weighted by molar-refractivity contribution is -0.107. The smallest absolute Gasteiger partial charge is 0.350 e. The van der Waals surface area contributed by atoms with Crippen LogP contribution < -0.4 is 4.74 Å². The Morgan fingerprint density at radius 1 is 1.50 bits per heavy atom. The molecule has 3 rings (SSSR count). The lowest BCUT2D eigenvalue weighted by Crippen LogP contribution is -2.61. The predicted molar refractivity (Wildman–Crippen MR) is 112 cm³/mol. The highest BCUT2D eigenvalue weighted by molar-refractivity contribution is 14.1. The van der Waals surface area contributed by atoms with Gasteiger partial charge in [-0.2, -0.15) is 0 Å². The van der Waals surface area contributed by atoms with E-state index in [0.29, 0.717) is 17.9 Å². The Morgan fingerprint density at radius 3 is 2.81 bits per heavy atom. The maximum absolute atomic E-state index is 11.0. The van der Waals surface area contributed by atoms with E-state index in [0.717, 1.165) is 34.0 Å². The van der Waals surface area contributed by atoms with Crippen LogP contribution in [-0.2, 0) is 5.41 Å². The number of aliphatic hydroxyl groups excluding tert-OH is 1. The molecule has 0 amide bonds. The van der Waals surface area contributed by atoms with Crippen molar-refractivity contribution in [3.63, 3.8) is 0 Å². The van der Waals surface area contributed by atoms with Gasteiger partial charge in [0.05, 0.1) is 8.99 Å². The van der Waals surface area contributed by atoms with Crippen molar-refractivity contribution in [2.75, 3.05) is 0 Å². The van der Waals surface area contributed by atoms with Crippen LogP contribution in [0.4, 0.5) is 0 Å². The molecular formula is C21H27INO3+. The fourth-order valence-corrected chi connectivity index (χ4v) is 5.43. The third kappa shape index (κ3) is 2.65. The van der Waals surface area contributed by atoms with Gasteiger partial charge in [-0.05, 0) is 74.6 Å². The first kappa shape index (κ1) is 19.5. The normalized spacial score (nSPS) is 32.2. The molecule has 0 saturated heterocycles. The second-order valence-corrected chi connectivity index (χ2v) is 9.27. The van der Waals surface area contributed by atoms with Crippen molar-refractivity contribution in [3.8, 4) is 18.1 Å². The number of allylic oxidation sites excluding steroid dienone is 2. The van der Waals surface area contributed by atoms with Gasteiger partial charge >= 0.3 is 5.54 Å². The van der Waals surface area contributed by atoms with E-state index in [1.165, 1.54) is 5.57 Å². The van der Waals surface area contributed by atoms with Crippen LogP contribution in [0.15, 0.2) is 17.7 Å². The molecule has 0 radical (unpaired) electrons. The molecule has 1 aliphatic carbocycles. The zero-order valence-electron chi connectivity index (χ0n) is 15.8. The van der Waals surface area contributed by atoms with Gasteiger partial charge in [0.1, 0.15) is 11.5 Å². The van der Waals surface area contributed by atoms with Crippen LogP contribution in [0.5, 0.6) is 11.5 Å². The van der Waals surface area contributed by atoms with E-state index in [9.17, 15) is 10.2 Å². The number of phenolic OH excluding ortho intramolecular Hbond substituents is 1. The van der Waals surface area contributed by atoms with E-state index in [4.69, 9.17) is 11.3 Å². The molecule has 0 spiro atoms. The average molecular weight is 468 g/mol. The lowest BCUT2D eigenvalue weighted by atomic mass is 9.55. The van der Waals surface area contributed by atoms with E-state index in [1.54, 1.807) is 6.07 Å². The third-order valence-electron chi connectivity index (χ3n) is 6.28. The molecule has 0 saturated carbocycles. The molecule has 2 N–H and O–H groups in total. The van der Waals surface area contributed by atoms with Crippen molar-refractivity contribution in [1.82, 2.24) is 0 Å². The molecule has 5 heteroatoms. The largest absolute Gasteiger partial charge is 0.508 e. The first-order chi connectivity index (χ1) is 12.2. The van der Waals surface area contributed by atoms with Gasteiger partial charge in [-0.1, -0.05) is 23.4 Å². The monoisotopic (exact) mass is 468 g/mol. The average Bonchev–Trinajstić information content (AvgIpc) is 2.56. The van der Waals surface area contributed by atoms with Crippen molar-refractivity contribution in [3.05, 3.63) is 37.3 Å². The molecule has 4 nitrogen and oxygen atoms in total. The maximum atomic E-state index is 11.0. The molecule has 0 fully saturated rings. The molecule has 1 unspecified atom stereocenters.